The largest absolute Gasteiger partial charge is 0.507 e. The molecule has 0 spiro atoms. The summed E-state index contributed by atoms with van der Waals surface area (Å²) < 4.78 is 0. The first-order chi connectivity index (χ1) is 21.6. The molecular formula is C38H33N3O4. The highest BCUT2D eigenvalue weighted by atomic mass is 16.3. The van der Waals surface area contributed by atoms with E-state index in [0.29, 0.717) is 24.2 Å². The van der Waals surface area contributed by atoms with Gasteiger partial charge in [-0.3, -0.25) is 9.59 Å². The maximum absolute atomic E-state index is 13.6. The van der Waals surface area contributed by atoms with Crippen LogP contribution in [0.1, 0.15) is 50.3 Å². The first kappa shape index (κ1) is 28.4. The van der Waals surface area contributed by atoms with Gasteiger partial charge in [0.1, 0.15) is 11.5 Å². The van der Waals surface area contributed by atoms with E-state index in [0.717, 1.165) is 52.8 Å². The van der Waals surface area contributed by atoms with Gasteiger partial charge in [-0.25, -0.2) is 0 Å². The van der Waals surface area contributed by atoms with Crippen molar-refractivity contribution in [1.82, 2.24) is 0 Å². The van der Waals surface area contributed by atoms with Crippen molar-refractivity contribution in [3.8, 4) is 6.07 Å². The Morgan fingerprint density at radius 1 is 1.00 bits per heavy atom. The van der Waals surface area contributed by atoms with Crippen molar-refractivity contribution in [2.24, 2.45) is 0 Å². The first-order valence-electron chi connectivity index (χ1n) is 15.4. The number of carbonyl (C=O) groups is 2. The molecule has 4 aliphatic rings. The summed E-state index contributed by atoms with van der Waals surface area (Å²) in [5.74, 6) is -1.65. The summed E-state index contributed by atoms with van der Waals surface area (Å²) in [4.78, 5) is 31.2. The van der Waals surface area contributed by atoms with E-state index in [1.807, 2.05) is 29.2 Å². The van der Waals surface area contributed by atoms with Crippen LogP contribution in [0.15, 0.2) is 112 Å². The zero-order valence-corrected chi connectivity index (χ0v) is 25.5. The molecule has 0 unspecified atom stereocenters. The SMILES string of the molecule is CCCCN1/C(=C\C2=C(O)C(=C3\C(=O)C=C(N4CCc5cc(C#N)ccc54)C=C3O)/C2=O)C(C)(C)c2c1ccc1ccccc21. The number of hydrogen-bond acceptors (Lipinski definition) is 7. The molecule has 2 heterocycles. The van der Waals surface area contributed by atoms with Crippen LogP contribution in [-0.4, -0.2) is 34.9 Å². The maximum Gasteiger partial charge on any atom is 0.201 e. The normalized spacial score (nSPS) is 21.2. The molecule has 45 heavy (non-hydrogen) atoms. The van der Waals surface area contributed by atoms with Gasteiger partial charge in [-0.15, -0.1) is 0 Å². The van der Waals surface area contributed by atoms with Crippen molar-refractivity contribution < 1.29 is 19.8 Å². The fraction of sp³-hybridized carbons (Fsp3) is 0.237. The number of aliphatic hydroxyl groups is 2. The number of nitriles is 1. The molecule has 2 aliphatic carbocycles. The average Bonchev–Trinajstić information content (AvgIpc) is 3.55. The smallest absolute Gasteiger partial charge is 0.201 e. The number of Topliss-reactive ketones (excluding diaryl/α,β-unsaturated/α-hetero) is 1. The van der Waals surface area contributed by atoms with Crippen molar-refractivity contribution in [3.05, 3.63) is 129 Å². The molecule has 0 saturated carbocycles. The van der Waals surface area contributed by atoms with Gasteiger partial charge in [0.15, 0.2) is 5.78 Å². The molecule has 224 valence electrons. The number of fused-ring (bicyclic) bond motifs is 4. The Bertz CT molecular complexity index is 2050. The van der Waals surface area contributed by atoms with Gasteiger partial charge in [0.05, 0.1) is 28.4 Å². The van der Waals surface area contributed by atoms with E-state index < -0.39 is 17.0 Å². The van der Waals surface area contributed by atoms with E-state index in [1.54, 1.807) is 12.1 Å². The molecule has 0 bridgehead atoms. The summed E-state index contributed by atoms with van der Waals surface area (Å²) >= 11 is 0. The van der Waals surface area contributed by atoms with E-state index in [1.165, 1.54) is 17.7 Å². The zero-order chi connectivity index (χ0) is 31.6. The Morgan fingerprint density at radius 3 is 2.51 bits per heavy atom. The number of nitrogens with zero attached hydrogens (tertiary/aromatic N) is 3. The van der Waals surface area contributed by atoms with Crippen LogP contribution in [0.3, 0.4) is 0 Å². The lowest BCUT2D eigenvalue weighted by Crippen LogP contribution is -2.31. The summed E-state index contributed by atoms with van der Waals surface area (Å²) in [6.45, 7) is 7.77. The number of rotatable bonds is 5. The molecule has 2 N–H and O–H groups in total. The van der Waals surface area contributed by atoms with E-state index >= 15 is 0 Å². The Morgan fingerprint density at radius 2 is 1.78 bits per heavy atom. The van der Waals surface area contributed by atoms with E-state index in [2.05, 4.69) is 56.0 Å². The lowest BCUT2D eigenvalue weighted by atomic mass is 9.77. The third-order valence-corrected chi connectivity index (χ3v) is 9.47. The van der Waals surface area contributed by atoms with Crippen LogP contribution in [0.5, 0.6) is 0 Å². The number of anilines is 2. The fourth-order valence-electron chi connectivity index (χ4n) is 7.21. The molecule has 0 fully saturated rings. The topological polar surface area (TPSA) is 105 Å². The molecule has 7 heteroatoms. The second-order valence-corrected chi connectivity index (χ2v) is 12.5. The minimum absolute atomic E-state index is 0.135. The number of allylic oxidation sites excluding steroid dienone is 7. The molecule has 0 atom stereocenters. The molecule has 0 amide bonds. The molecular weight excluding hydrogens is 562 g/mol. The average molecular weight is 596 g/mol. The van der Waals surface area contributed by atoms with E-state index in [-0.39, 0.29) is 28.2 Å². The van der Waals surface area contributed by atoms with Gasteiger partial charge in [-0.05, 0) is 65.1 Å². The van der Waals surface area contributed by atoms with Crippen molar-refractivity contribution in [2.75, 3.05) is 22.9 Å². The van der Waals surface area contributed by atoms with Gasteiger partial charge >= 0.3 is 0 Å². The van der Waals surface area contributed by atoms with Crippen LogP contribution in [0.2, 0.25) is 0 Å². The summed E-state index contributed by atoms with van der Waals surface area (Å²) in [7, 11) is 0. The van der Waals surface area contributed by atoms with Gasteiger partial charge in [-0.1, -0.05) is 57.5 Å². The lowest BCUT2D eigenvalue weighted by molar-refractivity contribution is -0.115. The van der Waals surface area contributed by atoms with Crippen LogP contribution in [-0.2, 0) is 21.4 Å². The van der Waals surface area contributed by atoms with Crippen molar-refractivity contribution in [2.45, 2.75) is 45.4 Å². The standard InChI is InChI=1S/C38H33N3O4/c1-4-5-15-41-29-13-11-23-8-6-7-9-26(23)35(29)38(2,3)32(41)20-27-36(44)34(37(27)45)33-30(42)18-25(19-31(33)43)40-16-14-24-17-22(21-39)10-12-28(24)40/h6-13,17-20,42,44H,4-5,14-16H2,1-3H3/b32-20-,34-33+. The highest BCUT2D eigenvalue weighted by Crippen LogP contribution is 2.52. The molecule has 2 aliphatic heterocycles. The summed E-state index contributed by atoms with van der Waals surface area (Å²) in [6, 6.07) is 20.1. The summed E-state index contributed by atoms with van der Waals surface area (Å²) in [6.07, 6.45) is 7.27. The molecule has 0 aromatic heterocycles. The van der Waals surface area contributed by atoms with Crippen LogP contribution in [0.4, 0.5) is 11.4 Å². The number of aliphatic hydroxyl groups excluding tert-OH is 2. The highest BCUT2D eigenvalue weighted by molar-refractivity contribution is 6.27. The Hall–Kier alpha value is -5.35. The molecule has 3 aromatic rings. The highest BCUT2D eigenvalue weighted by Gasteiger charge is 2.45. The first-order valence-corrected chi connectivity index (χ1v) is 15.4. The van der Waals surface area contributed by atoms with Crippen LogP contribution >= 0.6 is 0 Å². The zero-order valence-electron chi connectivity index (χ0n) is 25.5. The third kappa shape index (κ3) is 4.24. The minimum atomic E-state index is -0.543. The van der Waals surface area contributed by atoms with E-state index in [9.17, 15) is 25.1 Å². The number of ketones is 2. The monoisotopic (exact) mass is 595 g/mol. The van der Waals surface area contributed by atoms with Gasteiger partial charge in [-0.2, -0.15) is 5.26 Å². The Kier molecular flexibility index (Phi) is 6.56. The third-order valence-electron chi connectivity index (χ3n) is 9.47. The minimum Gasteiger partial charge on any atom is -0.507 e. The molecule has 0 saturated heterocycles. The van der Waals surface area contributed by atoms with Gasteiger partial charge in [0.25, 0.3) is 0 Å². The van der Waals surface area contributed by atoms with Crippen molar-refractivity contribution in [1.29, 1.82) is 5.26 Å². The number of hydrogen-bond donors (Lipinski definition) is 2. The molecule has 3 aromatic carbocycles. The van der Waals surface area contributed by atoms with Crippen molar-refractivity contribution >= 4 is 33.7 Å². The van der Waals surface area contributed by atoms with Gasteiger partial charge < -0.3 is 20.0 Å². The fourth-order valence-corrected chi connectivity index (χ4v) is 7.21. The number of unbranched alkanes of at least 4 members (excludes halogenated alkanes) is 1. The summed E-state index contributed by atoms with van der Waals surface area (Å²) in [5.41, 5.74) is 5.43. The van der Waals surface area contributed by atoms with Crippen LogP contribution in [0.25, 0.3) is 10.8 Å². The molecule has 0 radical (unpaired) electrons. The second-order valence-electron chi connectivity index (χ2n) is 12.5. The quantitative estimate of drug-likeness (QED) is 0.302. The predicted octanol–water partition coefficient (Wildman–Crippen LogP) is 7.16. The van der Waals surface area contributed by atoms with Crippen molar-refractivity contribution in [3.63, 3.8) is 0 Å². The van der Waals surface area contributed by atoms with Crippen LogP contribution < -0.4 is 9.80 Å². The number of benzene rings is 3. The van der Waals surface area contributed by atoms with Crippen LogP contribution in [0, 0.1) is 11.3 Å². The van der Waals surface area contributed by atoms with Gasteiger partial charge in [0, 0.05) is 53.4 Å². The maximum atomic E-state index is 13.6. The second kappa shape index (κ2) is 10.4. The predicted molar refractivity (Wildman–Crippen MR) is 175 cm³/mol. The van der Waals surface area contributed by atoms with E-state index in [4.69, 9.17) is 0 Å². The van der Waals surface area contributed by atoms with Gasteiger partial charge in [0.2, 0.25) is 5.78 Å². The lowest BCUT2D eigenvalue weighted by Gasteiger charge is -2.30. The molecule has 7 nitrogen and oxygen atoms in total. The Balaban J connectivity index is 1.26. The number of carbonyl (C=O) groups excluding carboxylic acids is 2. The molecule has 7 rings (SSSR count). The Labute approximate surface area is 262 Å². The summed E-state index contributed by atoms with van der Waals surface area (Å²) in [5, 5.41) is 33.8.